The molecule has 2 saturated heterocycles. The first-order valence-electron chi connectivity index (χ1n) is 7.65. The van der Waals surface area contributed by atoms with E-state index in [-0.39, 0.29) is 0 Å². The first kappa shape index (κ1) is 14.8. The molecule has 2 atom stereocenters. The van der Waals surface area contributed by atoms with Gasteiger partial charge in [0, 0.05) is 28.1 Å². The molecule has 1 aromatic carbocycles. The Morgan fingerprint density at radius 3 is 2.90 bits per heavy atom. The highest BCUT2D eigenvalue weighted by Gasteiger charge is 2.31. The fourth-order valence-corrected chi connectivity index (χ4v) is 4.31. The summed E-state index contributed by atoms with van der Waals surface area (Å²) in [6.45, 7) is 3.37. The predicted octanol–water partition coefficient (Wildman–Crippen LogP) is 4.21. The van der Waals surface area contributed by atoms with Crippen molar-refractivity contribution in [1.29, 1.82) is 0 Å². The molecule has 110 valence electrons. The van der Waals surface area contributed by atoms with Crippen molar-refractivity contribution in [2.75, 3.05) is 13.1 Å². The van der Waals surface area contributed by atoms with E-state index in [4.69, 9.17) is 11.6 Å². The lowest BCUT2D eigenvalue weighted by Crippen LogP contribution is -2.49. The predicted molar refractivity (Wildman–Crippen MR) is 88.2 cm³/mol. The SMILES string of the molecule is Clc1cc(Br)ccc1CN1CCCCC1C1CCCN1. The molecule has 2 aliphatic rings. The Kier molecular flexibility index (Phi) is 5.03. The third kappa shape index (κ3) is 3.38. The van der Waals surface area contributed by atoms with E-state index in [1.165, 1.54) is 50.8 Å². The molecule has 0 spiro atoms. The number of piperidine rings is 1. The second-order valence-electron chi connectivity index (χ2n) is 5.97. The van der Waals surface area contributed by atoms with Gasteiger partial charge in [-0.05, 0) is 56.5 Å². The van der Waals surface area contributed by atoms with Gasteiger partial charge in [-0.25, -0.2) is 0 Å². The summed E-state index contributed by atoms with van der Waals surface area (Å²) in [5.74, 6) is 0. The minimum absolute atomic E-state index is 0.685. The molecule has 2 aliphatic heterocycles. The number of benzene rings is 1. The molecule has 2 nitrogen and oxygen atoms in total. The minimum atomic E-state index is 0.685. The third-order valence-corrected chi connectivity index (χ3v) is 5.46. The lowest BCUT2D eigenvalue weighted by atomic mass is 9.94. The van der Waals surface area contributed by atoms with Crippen LogP contribution in [0, 0.1) is 0 Å². The van der Waals surface area contributed by atoms with E-state index in [0.29, 0.717) is 12.1 Å². The standard InChI is InChI=1S/C16H22BrClN2/c17-13-7-6-12(14(18)10-13)11-20-9-2-1-5-16(20)15-4-3-8-19-15/h6-7,10,15-16,19H,1-5,8-9,11H2. The summed E-state index contributed by atoms with van der Waals surface area (Å²) in [4.78, 5) is 2.64. The molecule has 2 unspecified atom stereocenters. The van der Waals surface area contributed by atoms with Crippen molar-refractivity contribution in [2.45, 2.75) is 50.7 Å². The molecular weight excluding hydrogens is 336 g/mol. The van der Waals surface area contributed by atoms with Crippen molar-refractivity contribution in [1.82, 2.24) is 10.2 Å². The van der Waals surface area contributed by atoms with Crippen molar-refractivity contribution in [3.63, 3.8) is 0 Å². The lowest BCUT2D eigenvalue weighted by molar-refractivity contribution is 0.112. The summed E-state index contributed by atoms with van der Waals surface area (Å²) in [6, 6.07) is 7.62. The zero-order valence-electron chi connectivity index (χ0n) is 11.7. The Hall–Kier alpha value is -0.0900. The van der Waals surface area contributed by atoms with Crippen LogP contribution in [0.5, 0.6) is 0 Å². The molecular formula is C16H22BrClN2. The summed E-state index contributed by atoms with van der Waals surface area (Å²) < 4.78 is 1.05. The van der Waals surface area contributed by atoms with Gasteiger partial charge in [0.25, 0.3) is 0 Å². The minimum Gasteiger partial charge on any atom is -0.312 e. The van der Waals surface area contributed by atoms with E-state index >= 15 is 0 Å². The van der Waals surface area contributed by atoms with Gasteiger partial charge in [-0.1, -0.05) is 40.0 Å². The first-order chi connectivity index (χ1) is 9.74. The van der Waals surface area contributed by atoms with Crippen molar-refractivity contribution in [2.24, 2.45) is 0 Å². The Morgan fingerprint density at radius 2 is 2.15 bits per heavy atom. The van der Waals surface area contributed by atoms with Crippen molar-refractivity contribution in [3.05, 3.63) is 33.3 Å². The van der Waals surface area contributed by atoms with Crippen LogP contribution in [0.25, 0.3) is 0 Å². The van der Waals surface area contributed by atoms with E-state index < -0.39 is 0 Å². The maximum Gasteiger partial charge on any atom is 0.0462 e. The summed E-state index contributed by atoms with van der Waals surface area (Å²) in [6.07, 6.45) is 6.67. The number of likely N-dealkylation sites (tertiary alicyclic amines) is 1. The number of nitrogens with zero attached hydrogens (tertiary/aromatic N) is 1. The van der Waals surface area contributed by atoms with Crippen LogP contribution in [-0.2, 0) is 6.54 Å². The number of halogens is 2. The summed E-state index contributed by atoms with van der Waals surface area (Å²) in [5, 5.41) is 4.56. The second-order valence-corrected chi connectivity index (χ2v) is 7.30. The average Bonchev–Trinajstić information content (AvgIpc) is 2.96. The van der Waals surface area contributed by atoms with Crippen molar-refractivity contribution in [3.8, 4) is 0 Å². The maximum atomic E-state index is 6.38. The number of hydrogen-bond acceptors (Lipinski definition) is 2. The molecule has 0 amide bonds. The Bertz CT molecular complexity index is 460. The zero-order chi connectivity index (χ0) is 13.9. The Balaban J connectivity index is 1.72. The van der Waals surface area contributed by atoms with Crippen LogP contribution < -0.4 is 5.32 Å². The van der Waals surface area contributed by atoms with Crippen LogP contribution >= 0.6 is 27.5 Å². The molecule has 2 fully saturated rings. The van der Waals surface area contributed by atoms with E-state index in [1.807, 2.05) is 6.07 Å². The highest BCUT2D eigenvalue weighted by molar-refractivity contribution is 9.10. The largest absolute Gasteiger partial charge is 0.312 e. The average molecular weight is 358 g/mol. The van der Waals surface area contributed by atoms with Gasteiger partial charge in [-0.15, -0.1) is 0 Å². The second kappa shape index (κ2) is 6.78. The van der Waals surface area contributed by atoms with E-state index in [9.17, 15) is 0 Å². The van der Waals surface area contributed by atoms with Gasteiger partial charge >= 0.3 is 0 Å². The number of nitrogens with one attached hydrogen (secondary N) is 1. The Labute approximate surface area is 135 Å². The van der Waals surface area contributed by atoms with Gasteiger partial charge < -0.3 is 5.32 Å². The zero-order valence-corrected chi connectivity index (χ0v) is 14.1. The van der Waals surface area contributed by atoms with E-state index in [1.54, 1.807) is 0 Å². The van der Waals surface area contributed by atoms with Crippen LogP contribution in [0.3, 0.4) is 0 Å². The molecule has 2 heterocycles. The smallest absolute Gasteiger partial charge is 0.0462 e. The summed E-state index contributed by atoms with van der Waals surface area (Å²) >= 11 is 9.86. The lowest BCUT2D eigenvalue weighted by Gasteiger charge is -2.39. The molecule has 0 bridgehead atoms. The van der Waals surface area contributed by atoms with Gasteiger partial charge in [0.2, 0.25) is 0 Å². The molecule has 20 heavy (non-hydrogen) atoms. The van der Waals surface area contributed by atoms with Crippen LogP contribution in [0.2, 0.25) is 5.02 Å². The Morgan fingerprint density at radius 1 is 1.25 bits per heavy atom. The van der Waals surface area contributed by atoms with Gasteiger partial charge in [-0.2, -0.15) is 0 Å². The van der Waals surface area contributed by atoms with Gasteiger partial charge in [-0.3, -0.25) is 4.90 Å². The van der Waals surface area contributed by atoms with Crippen LogP contribution in [0.4, 0.5) is 0 Å². The van der Waals surface area contributed by atoms with Gasteiger partial charge in [0.15, 0.2) is 0 Å². The first-order valence-corrected chi connectivity index (χ1v) is 8.82. The third-order valence-electron chi connectivity index (χ3n) is 4.62. The normalized spacial score (nSPS) is 27.9. The fraction of sp³-hybridized carbons (Fsp3) is 0.625. The quantitative estimate of drug-likeness (QED) is 0.872. The molecule has 1 aromatic rings. The molecule has 0 aliphatic carbocycles. The van der Waals surface area contributed by atoms with E-state index in [2.05, 4.69) is 38.3 Å². The van der Waals surface area contributed by atoms with Gasteiger partial charge in [0.1, 0.15) is 0 Å². The fourth-order valence-electron chi connectivity index (χ4n) is 3.58. The van der Waals surface area contributed by atoms with Crippen molar-refractivity contribution < 1.29 is 0 Å². The van der Waals surface area contributed by atoms with Crippen LogP contribution in [0.1, 0.15) is 37.7 Å². The summed E-state index contributed by atoms with van der Waals surface area (Å²) in [7, 11) is 0. The van der Waals surface area contributed by atoms with E-state index in [0.717, 1.165) is 16.0 Å². The highest BCUT2D eigenvalue weighted by atomic mass is 79.9. The molecule has 0 radical (unpaired) electrons. The van der Waals surface area contributed by atoms with Crippen LogP contribution in [0.15, 0.2) is 22.7 Å². The molecule has 4 heteroatoms. The van der Waals surface area contributed by atoms with Crippen molar-refractivity contribution >= 4 is 27.5 Å². The summed E-state index contributed by atoms with van der Waals surface area (Å²) in [5.41, 5.74) is 1.25. The highest BCUT2D eigenvalue weighted by Crippen LogP contribution is 2.28. The monoisotopic (exact) mass is 356 g/mol. The molecule has 3 rings (SSSR count). The molecule has 0 aromatic heterocycles. The van der Waals surface area contributed by atoms with Crippen LogP contribution in [-0.4, -0.2) is 30.1 Å². The maximum absolute atomic E-state index is 6.38. The molecule has 0 saturated carbocycles. The number of hydrogen-bond donors (Lipinski definition) is 1. The molecule has 1 N–H and O–H groups in total. The number of rotatable bonds is 3. The van der Waals surface area contributed by atoms with Gasteiger partial charge in [0.05, 0.1) is 0 Å². The topological polar surface area (TPSA) is 15.3 Å².